The van der Waals surface area contributed by atoms with Crippen LogP contribution in [0.15, 0.2) is 36.4 Å². The summed E-state index contributed by atoms with van der Waals surface area (Å²) in [6, 6.07) is 8.36. The summed E-state index contributed by atoms with van der Waals surface area (Å²) in [7, 11) is -1.90. The standard InChI is InChI=1S/C21H25ClN2O5S/c1-5-10-29-21-17(22)11-15(12-19(21)28-3)7-9-20(25)23-16-8-6-14(2)18(13-16)24-30(4,26)27/h6-9,11-13,24H,5,10H2,1-4H3,(H,23,25)/b9-7+. The first-order valence-corrected chi connectivity index (χ1v) is 11.5. The van der Waals surface area contributed by atoms with Gasteiger partial charge >= 0.3 is 0 Å². The van der Waals surface area contributed by atoms with Gasteiger partial charge in [-0.2, -0.15) is 0 Å². The van der Waals surface area contributed by atoms with E-state index < -0.39 is 10.0 Å². The second kappa shape index (κ2) is 10.4. The van der Waals surface area contributed by atoms with Crippen LogP contribution in [0.5, 0.6) is 11.5 Å². The highest BCUT2D eigenvalue weighted by Gasteiger charge is 2.11. The van der Waals surface area contributed by atoms with Gasteiger partial charge in [0, 0.05) is 11.8 Å². The van der Waals surface area contributed by atoms with Gasteiger partial charge in [0.15, 0.2) is 11.5 Å². The van der Waals surface area contributed by atoms with Gasteiger partial charge in [-0.15, -0.1) is 0 Å². The van der Waals surface area contributed by atoms with E-state index in [0.717, 1.165) is 18.2 Å². The van der Waals surface area contributed by atoms with Gasteiger partial charge in [-0.05, 0) is 54.8 Å². The fraction of sp³-hybridized carbons (Fsp3) is 0.286. The zero-order chi connectivity index (χ0) is 22.3. The highest BCUT2D eigenvalue weighted by Crippen LogP contribution is 2.36. The number of nitrogens with one attached hydrogen (secondary N) is 2. The van der Waals surface area contributed by atoms with E-state index in [2.05, 4.69) is 10.0 Å². The number of carbonyl (C=O) groups excluding carboxylic acids is 1. The highest BCUT2D eigenvalue weighted by molar-refractivity contribution is 7.92. The fourth-order valence-corrected chi connectivity index (χ4v) is 3.44. The molecule has 9 heteroatoms. The van der Waals surface area contributed by atoms with Gasteiger partial charge in [-0.25, -0.2) is 8.42 Å². The van der Waals surface area contributed by atoms with Gasteiger partial charge in [0.1, 0.15) is 0 Å². The number of hydrogen-bond donors (Lipinski definition) is 2. The molecule has 2 N–H and O–H groups in total. The Kier molecular flexibility index (Phi) is 8.14. The number of halogens is 1. The van der Waals surface area contributed by atoms with Crippen LogP contribution in [0.4, 0.5) is 11.4 Å². The Morgan fingerprint density at radius 1 is 1.23 bits per heavy atom. The summed E-state index contributed by atoms with van der Waals surface area (Å²) < 4.78 is 36.3. The molecule has 2 aromatic carbocycles. The number of ether oxygens (including phenoxy) is 2. The van der Waals surface area contributed by atoms with Crippen LogP contribution in [-0.4, -0.2) is 34.3 Å². The molecule has 0 unspecified atom stereocenters. The monoisotopic (exact) mass is 452 g/mol. The Morgan fingerprint density at radius 2 is 1.97 bits per heavy atom. The van der Waals surface area contributed by atoms with Gasteiger partial charge in [-0.1, -0.05) is 24.6 Å². The van der Waals surface area contributed by atoms with Gasteiger partial charge < -0.3 is 14.8 Å². The minimum atomic E-state index is -3.42. The van der Waals surface area contributed by atoms with Crippen molar-refractivity contribution in [2.45, 2.75) is 20.3 Å². The first-order valence-electron chi connectivity index (χ1n) is 9.20. The topological polar surface area (TPSA) is 93.7 Å². The SMILES string of the molecule is CCCOc1c(Cl)cc(/C=C/C(=O)Nc2ccc(C)c(NS(C)(=O)=O)c2)cc1OC. The molecule has 162 valence electrons. The fourth-order valence-electron chi connectivity index (χ4n) is 2.55. The zero-order valence-electron chi connectivity index (χ0n) is 17.3. The predicted molar refractivity (Wildman–Crippen MR) is 121 cm³/mol. The number of aryl methyl sites for hydroxylation is 1. The third kappa shape index (κ3) is 6.96. The molecule has 0 aliphatic carbocycles. The molecule has 0 atom stereocenters. The summed E-state index contributed by atoms with van der Waals surface area (Å²) in [6.45, 7) is 4.27. The summed E-state index contributed by atoms with van der Waals surface area (Å²) in [5.74, 6) is 0.560. The van der Waals surface area contributed by atoms with Crippen molar-refractivity contribution in [2.75, 3.05) is 30.0 Å². The van der Waals surface area contributed by atoms with Crippen molar-refractivity contribution in [3.63, 3.8) is 0 Å². The molecule has 7 nitrogen and oxygen atoms in total. The van der Waals surface area contributed by atoms with Crippen LogP contribution in [0.25, 0.3) is 6.08 Å². The number of anilines is 2. The Morgan fingerprint density at radius 3 is 2.60 bits per heavy atom. The number of sulfonamides is 1. The molecule has 0 bridgehead atoms. The Balaban J connectivity index is 2.15. The lowest BCUT2D eigenvalue weighted by Gasteiger charge is -2.12. The molecule has 0 fully saturated rings. The first-order chi connectivity index (χ1) is 14.1. The molecule has 30 heavy (non-hydrogen) atoms. The van der Waals surface area contributed by atoms with E-state index in [4.69, 9.17) is 21.1 Å². The zero-order valence-corrected chi connectivity index (χ0v) is 18.9. The van der Waals surface area contributed by atoms with Gasteiger partial charge in [-0.3, -0.25) is 9.52 Å². The molecule has 0 aromatic heterocycles. The van der Waals surface area contributed by atoms with Crippen molar-refractivity contribution in [1.29, 1.82) is 0 Å². The molecule has 0 saturated carbocycles. The Hall–Kier alpha value is -2.71. The maximum Gasteiger partial charge on any atom is 0.248 e. The molecule has 0 aliphatic heterocycles. The number of rotatable bonds is 9. The minimum absolute atomic E-state index is 0.384. The quantitative estimate of drug-likeness (QED) is 0.547. The first kappa shape index (κ1) is 23.6. The van der Waals surface area contributed by atoms with Crippen molar-refractivity contribution in [1.82, 2.24) is 0 Å². The summed E-state index contributed by atoms with van der Waals surface area (Å²) in [6.07, 6.45) is 4.85. The number of carbonyl (C=O) groups is 1. The maximum absolute atomic E-state index is 12.3. The largest absolute Gasteiger partial charge is 0.493 e. The second-order valence-corrected chi connectivity index (χ2v) is 8.76. The third-order valence-corrected chi connectivity index (χ3v) is 4.80. The Labute approximate surface area is 182 Å². The van der Waals surface area contributed by atoms with E-state index in [0.29, 0.717) is 40.1 Å². The van der Waals surface area contributed by atoms with E-state index in [1.54, 1.807) is 43.3 Å². The van der Waals surface area contributed by atoms with Crippen molar-refractivity contribution in [3.05, 3.63) is 52.6 Å². The van der Waals surface area contributed by atoms with Crippen molar-refractivity contribution < 1.29 is 22.7 Å². The summed E-state index contributed by atoms with van der Waals surface area (Å²) in [4.78, 5) is 12.3. The average Bonchev–Trinajstić information content (AvgIpc) is 2.66. The molecule has 0 heterocycles. The van der Waals surface area contributed by atoms with Gasteiger partial charge in [0.25, 0.3) is 0 Å². The maximum atomic E-state index is 12.3. The lowest BCUT2D eigenvalue weighted by atomic mass is 10.1. The van der Waals surface area contributed by atoms with E-state index >= 15 is 0 Å². The van der Waals surface area contributed by atoms with Crippen LogP contribution in [0, 0.1) is 6.92 Å². The number of benzene rings is 2. The van der Waals surface area contributed by atoms with Crippen molar-refractivity contribution in [2.24, 2.45) is 0 Å². The number of methoxy groups -OCH3 is 1. The van der Waals surface area contributed by atoms with Crippen LogP contribution in [0.2, 0.25) is 5.02 Å². The second-order valence-electron chi connectivity index (χ2n) is 6.61. The molecule has 1 amide bonds. The van der Waals surface area contributed by atoms with Crippen LogP contribution < -0.4 is 19.5 Å². The molecule has 0 aliphatic rings. The van der Waals surface area contributed by atoms with Gasteiger partial charge in [0.2, 0.25) is 15.9 Å². The van der Waals surface area contributed by atoms with E-state index in [1.165, 1.54) is 13.2 Å². The molecule has 0 radical (unpaired) electrons. The number of amides is 1. The number of hydrogen-bond acceptors (Lipinski definition) is 5. The van der Waals surface area contributed by atoms with Crippen molar-refractivity contribution >= 4 is 45.0 Å². The minimum Gasteiger partial charge on any atom is -0.493 e. The van der Waals surface area contributed by atoms with Crippen molar-refractivity contribution in [3.8, 4) is 11.5 Å². The smallest absolute Gasteiger partial charge is 0.248 e. The van der Waals surface area contributed by atoms with Crippen LogP contribution in [0.1, 0.15) is 24.5 Å². The van der Waals surface area contributed by atoms with Gasteiger partial charge in [0.05, 0.1) is 30.7 Å². The lowest BCUT2D eigenvalue weighted by molar-refractivity contribution is -0.111. The normalized spacial score (nSPS) is 11.4. The average molecular weight is 453 g/mol. The molecule has 0 saturated heterocycles. The van der Waals surface area contributed by atoms with Crippen LogP contribution in [-0.2, 0) is 14.8 Å². The Bertz CT molecular complexity index is 1050. The highest BCUT2D eigenvalue weighted by atomic mass is 35.5. The molecular formula is C21H25ClN2O5S. The molecule has 2 aromatic rings. The summed E-state index contributed by atoms with van der Waals surface area (Å²) >= 11 is 6.28. The van der Waals surface area contributed by atoms with Crippen LogP contribution in [0.3, 0.4) is 0 Å². The molecule has 2 rings (SSSR count). The third-order valence-electron chi connectivity index (χ3n) is 3.93. The summed E-state index contributed by atoms with van der Waals surface area (Å²) in [5, 5.41) is 3.09. The van der Waals surface area contributed by atoms with E-state index in [1.807, 2.05) is 6.92 Å². The summed E-state index contributed by atoms with van der Waals surface area (Å²) in [5.41, 5.74) is 2.26. The van der Waals surface area contributed by atoms with E-state index in [-0.39, 0.29) is 5.91 Å². The van der Waals surface area contributed by atoms with E-state index in [9.17, 15) is 13.2 Å². The molecular weight excluding hydrogens is 428 g/mol. The van der Waals surface area contributed by atoms with Crippen LogP contribution >= 0.6 is 11.6 Å². The predicted octanol–water partition coefficient (Wildman–Crippen LogP) is 4.47. The molecule has 0 spiro atoms. The lowest BCUT2D eigenvalue weighted by Crippen LogP contribution is -2.12.